The smallest absolute Gasteiger partial charge is 0.407 e. The molecule has 0 aliphatic carbocycles. The number of aliphatic hydroxyl groups is 1. The standard InChI is InChI=1S/C20H39NO5/c1-6-10-16(18(23)24)11-8-7-9-12-17(22)15(2)13-14-21-19(25)26-20(3,4)5/h15-17,22H,6-14H2,1-5H3,(H,21,25)(H,23,24). The van der Waals surface area contributed by atoms with Gasteiger partial charge in [0.15, 0.2) is 0 Å². The minimum absolute atomic E-state index is 0.0943. The van der Waals surface area contributed by atoms with Crippen molar-refractivity contribution in [2.24, 2.45) is 11.8 Å². The van der Waals surface area contributed by atoms with Crippen molar-refractivity contribution in [3.63, 3.8) is 0 Å². The zero-order chi connectivity index (χ0) is 20.2. The highest BCUT2D eigenvalue weighted by Crippen LogP contribution is 2.19. The number of carbonyl (C=O) groups excluding carboxylic acids is 1. The Hall–Kier alpha value is -1.30. The minimum atomic E-state index is -0.696. The number of rotatable bonds is 13. The van der Waals surface area contributed by atoms with Crippen molar-refractivity contribution in [1.29, 1.82) is 0 Å². The van der Waals surface area contributed by atoms with Crippen molar-refractivity contribution in [2.75, 3.05) is 6.54 Å². The van der Waals surface area contributed by atoms with Gasteiger partial charge in [0.25, 0.3) is 0 Å². The summed E-state index contributed by atoms with van der Waals surface area (Å²) in [5.74, 6) is -0.836. The number of carbonyl (C=O) groups is 2. The lowest BCUT2D eigenvalue weighted by Crippen LogP contribution is -2.34. The Kier molecular flexibility index (Phi) is 12.3. The Morgan fingerprint density at radius 3 is 2.19 bits per heavy atom. The van der Waals surface area contributed by atoms with E-state index in [4.69, 9.17) is 9.84 Å². The van der Waals surface area contributed by atoms with Crippen LogP contribution in [0.25, 0.3) is 0 Å². The highest BCUT2D eigenvalue weighted by molar-refractivity contribution is 5.69. The second-order valence-corrected chi connectivity index (χ2v) is 8.22. The molecule has 0 aromatic carbocycles. The van der Waals surface area contributed by atoms with Crippen molar-refractivity contribution >= 4 is 12.1 Å². The van der Waals surface area contributed by atoms with Crippen molar-refractivity contribution in [1.82, 2.24) is 5.32 Å². The fraction of sp³-hybridized carbons (Fsp3) is 0.900. The number of amides is 1. The lowest BCUT2D eigenvalue weighted by Gasteiger charge is -2.21. The first-order chi connectivity index (χ1) is 12.1. The van der Waals surface area contributed by atoms with Crippen molar-refractivity contribution in [2.45, 2.75) is 97.7 Å². The van der Waals surface area contributed by atoms with E-state index in [0.29, 0.717) is 25.8 Å². The molecule has 0 aromatic heterocycles. The number of ether oxygens (including phenoxy) is 1. The summed E-state index contributed by atoms with van der Waals surface area (Å²) < 4.78 is 5.17. The van der Waals surface area contributed by atoms with Crippen LogP contribution in [-0.2, 0) is 9.53 Å². The molecule has 154 valence electrons. The van der Waals surface area contributed by atoms with Crippen LogP contribution >= 0.6 is 0 Å². The Morgan fingerprint density at radius 2 is 1.65 bits per heavy atom. The van der Waals surface area contributed by atoms with E-state index in [0.717, 1.165) is 32.1 Å². The van der Waals surface area contributed by atoms with Crippen LogP contribution in [0.4, 0.5) is 4.79 Å². The predicted octanol–water partition coefficient (Wildman–Crippen LogP) is 4.35. The van der Waals surface area contributed by atoms with Crippen molar-refractivity contribution in [3.05, 3.63) is 0 Å². The quantitative estimate of drug-likeness (QED) is 0.417. The molecule has 6 heteroatoms. The molecule has 0 saturated carbocycles. The largest absolute Gasteiger partial charge is 0.481 e. The van der Waals surface area contributed by atoms with Crippen molar-refractivity contribution in [3.8, 4) is 0 Å². The highest BCUT2D eigenvalue weighted by Gasteiger charge is 2.18. The molecule has 3 N–H and O–H groups in total. The summed E-state index contributed by atoms with van der Waals surface area (Å²) >= 11 is 0. The topological polar surface area (TPSA) is 95.9 Å². The van der Waals surface area contributed by atoms with Gasteiger partial charge in [-0.25, -0.2) is 4.79 Å². The number of alkyl carbamates (subject to hydrolysis) is 1. The van der Waals surface area contributed by atoms with E-state index in [2.05, 4.69) is 5.32 Å². The van der Waals surface area contributed by atoms with Crippen LogP contribution in [0.2, 0.25) is 0 Å². The third kappa shape index (κ3) is 13.0. The molecule has 0 spiro atoms. The van der Waals surface area contributed by atoms with Crippen molar-refractivity contribution < 1.29 is 24.5 Å². The minimum Gasteiger partial charge on any atom is -0.481 e. The number of unbranched alkanes of at least 4 members (excludes halogenated alkanes) is 2. The van der Waals surface area contributed by atoms with Gasteiger partial charge in [-0.05, 0) is 52.4 Å². The Morgan fingerprint density at radius 1 is 1.04 bits per heavy atom. The van der Waals surface area contributed by atoms with E-state index in [1.54, 1.807) is 0 Å². The number of hydrogen-bond donors (Lipinski definition) is 3. The summed E-state index contributed by atoms with van der Waals surface area (Å²) in [6.07, 6.45) is 5.63. The summed E-state index contributed by atoms with van der Waals surface area (Å²) in [5.41, 5.74) is -0.508. The normalized spacial score (nSPS) is 15.2. The summed E-state index contributed by atoms with van der Waals surface area (Å²) in [5, 5.41) is 22.0. The molecule has 1 amide bonds. The number of carboxylic acid groups (broad SMARTS) is 1. The lowest BCUT2D eigenvalue weighted by atomic mass is 9.93. The molecule has 0 heterocycles. The SMILES string of the molecule is CCCC(CCCCCC(O)C(C)CCNC(=O)OC(C)(C)C)C(=O)O. The second kappa shape index (κ2) is 13.0. The molecule has 0 bridgehead atoms. The summed E-state index contributed by atoms with van der Waals surface area (Å²) in [6.45, 7) is 9.92. The van der Waals surface area contributed by atoms with Gasteiger partial charge in [0, 0.05) is 6.54 Å². The van der Waals surface area contributed by atoms with E-state index in [9.17, 15) is 14.7 Å². The highest BCUT2D eigenvalue weighted by atomic mass is 16.6. The first-order valence-electron chi connectivity index (χ1n) is 9.94. The Balaban J connectivity index is 3.84. The van der Waals surface area contributed by atoms with Gasteiger partial charge in [-0.1, -0.05) is 39.5 Å². The molecular weight excluding hydrogens is 334 g/mol. The molecule has 0 aromatic rings. The maximum Gasteiger partial charge on any atom is 0.407 e. The van der Waals surface area contributed by atoms with Gasteiger partial charge >= 0.3 is 12.1 Å². The molecule has 0 aliphatic heterocycles. The summed E-state index contributed by atoms with van der Waals surface area (Å²) in [6, 6.07) is 0. The molecule has 0 rings (SSSR count). The van der Waals surface area contributed by atoms with Crippen LogP contribution in [0, 0.1) is 11.8 Å². The van der Waals surface area contributed by atoms with Gasteiger partial charge in [0.1, 0.15) is 5.60 Å². The molecule has 6 nitrogen and oxygen atoms in total. The van der Waals surface area contributed by atoms with Crippen LogP contribution < -0.4 is 5.32 Å². The summed E-state index contributed by atoms with van der Waals surface area (Å²) in [7, 11) is 0. The average Bonchev–Trinajstić information content (AvgIpc) is 2.51. The number of nitrogens with one attached hydrogen (secondary N) is 1. The maximum atomic E-state index is 11.6. The monoisotopic (exact) mass is 373 g/mol. The van der Waals surface area contributed by atoms with Crippen LogP contribution in [0.1, 0.15) is 86.0 Å². The molecule has 3 atom stereocenters. The molecule has 0 aliphatic rings. The van der Waals surface area contributed by atoms with Gasteiger partial charge in [-0.2, -0.15) is 0 Å². The van der Waals surface area contributed by atoms with E-state index in [1.165, 1.54) is 0 Å². The molecular formula is C20H39NO5. The molecule has 26 heavy (non-hydrogen) atoms. The van der Waals surface area contributed by atoms with E-state index < -0.39 is 23.8 Å². The number of carboxylic acids is 1. The van der Waals surface area contributed by atoms with Gasteiger partial charge in [-0.15, -0.1) is 0 Å². The number of hydrogen-bond acceptors (Lipinski definition) is 4. The number of aliphatic hydroxyl groups excluding tert-OH is 1. The third-order valence-electron chi connectivity index (χ3n) is 4.46. The van der Waals surface area contributed by atoms with Gasteiger partial charge in [-0.3, -0.25) is 4.79 Å². The molecule has 0 radical (unpaired) electrons. The van der Waals surface area contributed by atoms with Crippen LogP contribution in [0.3, 0.4) is 0 Å². The first-order valence-corrected chi connectivity index (χ1v) is 9.94. The fourth-order valence-electron chi connectivity index (χ4n) is 2.85. The third-order valence-corrected chi connectivity index (χ3v) is 4.46. The van der Waals surface area contributed by atoms with E-state index >= 15 is 0 Å². The predicted molar refractivity (Wildman–Crippen MR) is 103 cm³/mol. The molecule has 3 unspecified atom stereocenters. The van der Waals surface area contributed by atoms with E-state index in [-0.39, 0.29) is 11.8 Å². The van der Waals surface area contributed by atoms with Gasteiger partial charge in [0.05, 0.1) is 12.0 Å². The van der Waals surface area contributed by atoms with Gasteiger partial charge < -0.3 is 20.3 Å². The Bertz CT molecular complexity index is 405. The zero-order valence-corrected chi connectivity index (χ0v) is 17.2. The van der Waals surface area contributed by atoms with Gasteiger partial charge in [0.2, 0.25) is 0 Å². The molecule has 0 fully saturated rings. The average molecular weight is 374 g/mol. The second-order valence-electron chi connectivity index (χ2n) is 8.22. The van der Waals surface area contributed by atoms with Crippen LogP contribution in [0.15, 0.2) is 0 Å². The first kappa shape index (κ1) is 24.7. The molecule has 0 saturated heterocycles. The maximum absolute atomic E-state index is 11.6. The number of aliphatic carboxylic acids is 1. The Labute approximate surface area is 158 Å². The fourth-order valence-corrected chi connectivity index (χ4v) is 2.85. The van der Waals surface area contributed by atoms with E-state index in [1.807, 2.05) is 34.6 Å². The lowest BCUT2D eigenvalue weighted by molar-refractivity contribution is -0.142. The zero-order valence-electron chi connectivity index (χ0n) is 17.2. The van der Waals surface area contributed by atoms with Crippen LogP contribution in [0.5, 0.6) is 0 Å². The van der Waals surface area contributed by atoms with Crippen LogP contribution in [-0.4, -0.2) is 40.5 Å². The summed E-state index contributed by atoms with van der Waals surface area (Å²) in [4.78, 5) is 22.7.